The third-order valence-electron chi connectivity index (χ3n) is 8.77. The van der Waals surface area contributed by atoms with Gasteiger partial charge >= 0.3 is 35.6 Å². The summed E-state index contributed by atoms with van der Waals surface area (Å²) in [4.78, 5) is 0. The molecule has 192 valence electrons. The fourth-order valence-electron chi connectivity index (χ4n) is 7.54. The summed E-state index contributed by atoms with van der Waals surface area (Å²) >= 11 is -0.556. The molecule has 5 unspecified atom stereocenters. The molecule has 7 atom stereocenters. The van der Waals surface area contributed by atoms with E-state index in [4.69, 9.17) is 23.9 Å². The number of allylic oxidation sites excluding steroid dienone is 8. The molecule has 36 heavy (non-hydrogen) atoms. The zero-order valence-corrected chi connectivity index (χ0v) is 26.0. The molecule has 1 aromatic carbocycles. The van der Waals surface area contributed by atoms with Crippen LogP contribution in [0.4, 0.5) is 0 Å². The Morgan fingerprint density at radius 1 is 0.833 bits per heavy atom. The van der Waals surface area contributed by atoms with Gasteiger partial charge in [-0.15, -0.1) is 0 Å². The van der Waals surface area contributed by atoms with E-state index in [-0.39, 0.29) is 13.5 Å². The van der Waals surface area contributed by atoms with Crippen molar-refractivity contribution in [3.63, 3.8) is 0 Å². The summed E-state index contributed by atoms with van der Waals surface area (Å²) < 4.78 is 2.94. The molecule has 1 aliphatic heterocycles. The normalized spacial score (nSPS) is 35.3. The van der Waals surface area contributed by atoms with Crippen LogP contribution in [0.2, 0.25) is 18.6 Å². The first kappa shape index (κ1) is 28.4. The van der Waals surface area contributed by atoms with E-state index in [9.17, 15) is 0 Å². The van der Waals surface area contributed by atoms with Gasteiger partial charge in [0.25, 0.3) is 0 Å². The predicted octanol–water partition coefficient (Wildman–Crippen LogP) is 6.80. The summed E-state index contributed by atoms with van der Waals surface area (Å²) in [5.41, 5.74) is 0.695. The molecule has 0 bridgehead atoms. The number of fused-ring (bicyclic) bond motifs is 5. The van der Waals surface area contributed by atoms with Gasteiger partial charge in [-0.25, -0.2) is 0 Å². The van der Waals surface area contributed by atoms with Crippen LogP contribution in [0.15, 0.2) is 72.9 Å². The first-order valence-corrected chi connectivity index (χ1v) is 20.1. The summed E-state index contributed by atoms with van der Waals surface area (Å²) in [6.07, 6.45) is 24.5. The maximum atomic E-state index is 5.45. The van der Waals surface area contributed by atoms with Crippen molar-refractivity contribution in [1.82, 2.24) is 4.57 Å². The van der Waals surface area contributed by atoms with E-state index in [1.54, 1.807) is 0 Å². The first-order valence-electron chi connectivity index (χ1n) is 12.8. The van der Waals surface area contributed by atoms with Crippen molar-refractivity contribution in [2.75, 3.05) is 0 Å². The molecule has 2 nitrogen and oxygen atoms in total. The monoisotopic (exact) mass is 572 g/mol. The average Bonchev–Trinajstić information content (AvgIpc) is 3.40. The van der Waals surface area contributed by atoms with Crippen molar-refractivity contribution in [2.45, 2.75) is 50.7 Å². The van der Waals surface area contributed by atoms with E-state index in [1.165, 1.54) is 10.4 Å². The zero-order chi connectivity index (χ0) is 24.7. The van der Waals surface area contributed by atoms with Gasteiger partial charge in [0.2, 0.25) is 0 Å². The summed E-state index contributed by atoms with van der Waals surface area (Å²) in [5.74, 6) is 3.07. The maximum absolute atomic E-state index is 5.45. The SMILES string of the molecule is CC(C)[C@H]1[N-]C2C=c3ccccc3=C[C@H]2N1[Si](C)(C)C1C2C=CC=CC2C2C=CC=CC21.[CH3-].[Cl][Ti][Cl]. The van der Waals surface area contributed by atoms with Gasteiger partial charge in [-0.2, -0.15) is 0 Å². The molecule has 1 saturated carbocycles. The van der Waals surface area contributed by atoms with E-state index in [0.29, 0.717) is 47.3 Å². The zero-order valence-electron chi connectivity index (χ0n) is 21.9. The van der Waals surface area contributed by atoms with Gasteiger partial charge in [0.1, 0.15) is 8.24 Å². The van der Waals surface area contributed by atoms with Gasteiger partial charge in [-0.3, -0.25) is 0 Å². The topological polar surface area (TPSA) is 17.3 Å². The molecule has 1 heterocycles. The van der Waals surface area contributed by atoms with Crippen molar-refractivity contribution >= 4 is 39.0 Å². The van der Waals surface area contributed by atoms with Gasteiger partial charge in [0, 0.05) is 6.04 Å². The van der Waals surface area contributed by atoms with E-state index in [1.807, 2.05) is 0 Å². The Kier molecular flexibility index (Phi) is 9.15. The Balaban J connectivity index is 0.000000726. The van der Waals surface area contributed by atoms with Crippen LogP contribution in [0, 0.1) is 37.0 Å². The summed E-state index contributed by atoms with van der Waals surface area (Å²) in [6.45, 7) is 10.0. The van der Waals surface area contributed by atoms with E-state index in [0.717, 1.165) is 0 Å². The van der Waals surface area contributed by atoms with Crippen LogP contribution in [0.5, 0.6) is 0 Å². The number of nitrogens with zero attached hydrogens (tertiary/aromatic N) is 2. The first-order chi connectivity index (χ1) is 16.9. The molecule has 5 aliphatic rings. The Morgan fingerprint density at radius 3 is 1.81 bits per heavy atom. The second-order valence-electron chi connectivity index (χ2n) is 11.3. The molecule has 0 radical (unpaired) electrons. The minimum absolute atomic E-state index is 0. The van der Waals surface area contributed by atoms with Crippen molar-refractivity contribution in [3.8, 4) is 0 Å². The summed E-state index contributed by atoms with van der Waals surface area (Å²) in [7, 11) is 7.89. The average molecular weight is 574 g/mol. The van der Waals surface area contributed by atoms with Crippen LogP contribution in [0.25, 0.3) is 17.5 Å². The summed E-state index contributed by atoms with van der Waals surface area (Å²) in [5, 5.41) is 8.18. The van der Waals surface area contributed by atoms with E-state index < -0.39 is 25.3 Å². The van der Waals surface area contributed by atoms with Gasteiger partial charge in [0.05, 0.1) is 0 Å². The number of hydrogen-bond acceptors (Lipinski definition) is 1. The number of benzene rings is 1. The summed E-state index contributed by atoms with van der Waals surface area (Å²) in [6, 6.07) is 9.52. The number of hydrogen-bond donors (Lipinski definition) is 0. The van der Waals surface area contributed by atoms with Gasteiger partial charge in [-0.1, -0.05) is 130 Å². The molecule has 0 amide bonds. The fraction of sp³-hybridized carbons (Fsp3) is 0.433. The van der Waals surface area contributed by atoms with Crippen molar-refractivity contribution in [3.05, 3.63) is 96.1 Å². The van der Waals surface area contributed by atoms with Crippen LogP contribution in [-0.4, -0.2) is 31.1 Å². The molecule has 0 aromatic heterocycles. The van der Waals surface area contributed by atoms with Crippen LogP contribution in [0.3, 0.4) is 0 Å². The number of halogens is 2. The van der Waals surface area contributed by atoms with Crippen LogP contribution < -0.4 is 10.4 Å². The second kappa shape index (κ2) is 11.6. The van der Waals surface area contributed by atoms with E-state index in [2.05, 4.69) is 117 Å². The molecule has 6 heteroatoms. The minimum atomic E-state index is -1.89. The van der Waals surface area contributed by atoms with Crippen LogP contribution >= 0.6 is 18.6 Å². The molecular weight excluding hydrogens is 535 g/mol. The predicted molar refractivity (Wildman–Crippen MR) is 156 cm³/mol. The molecular formula is C30H38Cl2N2SiTi-2. The molecule has 1 saturated heterocycles. The Labute approximate surface area is 235 Å². The molecule has 4 aliphatic carbocycles. The standard InChI is InChI=1S/C29H35N2Si.CH3.2ClH.Ti/c1-19(2)29-30-26-17-20-11-5-6-12-21(20)18-27(26)31(29)32(3,4)28-24-15-9-7-13-22(24)23-14-8-10-16-25(23)28;;;;/h5-19,22-29H,1-4H3;1H3;2*1H;/q2*-1;;;+2/p-2/t22?,23?,24?,25?,26?,27-,28?,29+;;;;/m1..../s1. The Hall–Kier alpha value is -0.649. The molecule has 1 aromatic rings. The van der Waals surface area contributed by atoms with Crippen molar-refractivity contribution in [1.29, 1.82) is 0 Å². The third-order valence-corrected chi connectivity index (χ3v) is 13.1. The molecule has 6 rings (SSSR count). The van der Waals surface area contributed by atoms with Crippen LogP contribution in [-0.2, 0) is 17.0 Å². The van der Waals surface area contributed by atoms with Crippen molar-refractivity contribution < 1.29 is 17.0 Å². The Bertz CT molecular complexity index is 1140. The Morgan fingerprint density at radius 2 is 1.31 bits per heavy atom. The molecule has 2 fully saturated rings. The van der Waals surface area contributed by atoms with Crippen molar-refractivity contribution in [2.24, 2.45) is 29.6 Å². The van der Waals surface area contributed by atoms with Crippen LogP contribution in [0.1, 0.15) is 13.8 Å². The second-order valence-corrected chi connectivity index (χ2v) is 18.3. The quantitative estimate of drug-likeness (QED) is 0.287. The third kappa shape index (κ3) is 4.91. The van der Waals surface area contributed by atoms with Gasteiger partial charge in [0.15, 0.2) is 0 Å². The fourth-order valence-corrected chi connectivity index (χ4v) is 12.5. The van der Waals surface area contributed by atoms with E-state index >= 15 is 0 Å². The number of rotatable bonds is 3. The van der Waals surface area contributed by atoms with Gasteiger partial charge < -0.3 is 17.3 Å². The molecule has 0 N–H and O–H groups in total. The van der Waals surface area contributed by atoms with Gasteiger partial charge in [-0.05, 0) is 39.7 Å². The molecule has 0 spiro atoms.